The summed E-state index contributed by atoms with van der Waals surface area (Å²) in [5.41, 5.74) is 5.37. The largest absolute Gasteiger partial charge is 0.333 e. The average molecular weight is 443 g/mol. The second-order valence-corrected chi connectivity index (χ2v) is 10.3. The molecule has 0 unspecified atom stereocenters. The number of benzene rings is 5. The van der Waals surface area contributed by atoms with Gasteiger partial charge >= 0.3 is 0 Å². The Bertz CT molecular complexity index is 1220. The Balaban J connectivity index is 0.000000499. The molecular formula is C32H34BN. The van der Waals surface area contributed by atoms with E-state index >= 15 is 0 Å². The summed E-state index contributed by atoms with van der Waals surface area (Å²) in [6.07, 6.45) is -1.33. The number of quaternary nitrogens is 1. The standard InChI is InChI=1S/C28H22B.C4H12N/c1-4-15-24(16-5-1)29(25-17-6-2-7-18-25,26-19-8-3-9-20-26)28-22-12-14-23-13-10-11-21-27(23)28;1-5(2,3)4/h1-22H;1-4H3/q-1;+1. The van der Waals surface area contributed by atoms with E-state index in [9.17, 15) is 0 Å². The van der Waals surface area contributed by atoms with Gasteiger partial charge in [-0.25, -0.2) is 0 Å². The van der Waals surface area contributed by atoms with E-state index in [0.717, 1.165) is 4.48 Å². The first-order valence-corrected chi connectivity index (χ1v) is 12.0. The molecule has 5 aromatic carbocycles. The lowest BCUT2D eigenvalue weighted by atomic mass is 9.12. The first kappa shape index (κ1) is 23.5. The molecule has 0 N–H and O–H groups in total. The molecule has 0 amide bonds. The molecule has 0 atom stereocenters. The van der Waals surface area contributed by atoms with E-state index in [4.69, 9.17) is 0 Å². The van der Waals surface area contributed by atoms with Crippen molar-refractivity contribution in [1.29, 1.82) is 0 Å². The van der Waals surface area contributed by atoms with Crippen LogP contribution >= 0.6 is 0 Å². The van der Waals surface area contributed by atoms with Gasteiger partial charge in [0.25, 0.3) is 0 Å². The van der Waals surface area contributed by atoms with Gasteiger partial charge in [-0.15, -0.1) is 0 Å². The quantitative estimate of drug-likeness (QED) is 0.283. The molecule has 5 rings (SSSR count). The molecule has 0 aliphatic heterocycles. The highest BCUT2D eigenvalue weighted by atomic mass is 15.2. The molecule has 0 fully saturated rings. The van der Waals surface area contributed by atoms with Crippen molar-refractivity contribution < 1.29 is 4.48 Å². The van der Waals surface area contributed by atoms with Crippen LogP contribution in [0.2, 0.25) is 0 Å². The fraction of sp³-hybridized carbons (Fsp3) is 0.125. The second-order valence-electron chi connectivity index (χ2n) is 10.3. The number of hydrogen-bond donors (Lipinski definition) is 0. The lowest BCUT2D eigenvalue weighted by molar-refractivity contribution is -0.849. The van der Waals surface area contributed by atoms with Crippen LogP contribution in [0, 0.1) is 0 Å². The number of hydrogen-bond acceptors (Lipinski definition) is 0. The van der Waals surface area contributed by atoms with E-state index in [1.165, 1.54) is 32.6 Å². The SMILES string of the molecule is C[N+](C)(C)C.c1ccc([B-](c2ccccc2)(c2ccccc2)c2cccc3ccccc23)cc1. The van der Waals surface area contributed by atoms with Gasteiger partial charge in [0, 0.05) is 0 Å². The minimum absolute atomic E-state index is 1.00. The fourth-order valence-electron chi connectivity index (χ4n) is 4.97. The van der Waals surface area contributed by atoms with Gasteiger partial charge in [0.05, 0.1) is 28.2 Å². The predicted molar refractivity (Wildman–Crippen MR) is 152 cm³/mol. The van der Waals surface area contributed by atoms with Crippen LogP contribution < -0.4 is 21.9 Å². The van der Waals surface area contributed by atoms with E-state index in [2.05, 4.69) is 162 Å². The molecule has 5 aromatic rings. The summed E-state index contributed by atoms with van der Waals surface area (Å²) in [5, 5.41) is 2.59. The zero-order chi connectivity index (χ0) is 24.0. The molecule has 34 heavy (non-hydrogen) atoms. The highest BCUT2D eigenvalue weighted by molar-refractivity contribution is 7.20. The van der Waals surface area contributed by atoms with Crippen molar-refractivity contribution in [1.82, 2.24) is 0 Å². The summed E-state index contributed by atoms with van der Waals surface area (Å²) >= 11 is 0. The molecular weight excluding hydrogens is 409 g/mol. The van der Waals surface area contributed by atoms with Gasteiger partial charge < -0.3 is 4.48 Å². The van der Waals surface area contributed by atoms with Crippen LogP contribution in [0.3, 0.4) is 0 Å². The number of nitrogens with zero attached hydrogens (tertiary/aromatic N) is 1. The van der Waals surface area contributed by atoms with E-state index in [1.807, 2.05) is 0 Å². The molecule has 0 radical (unpaired) electrons. The Labute approximate surface area is 204 Å². The lowest BCUT2D eigenvalue weighted by Gasteiger charge is -2.45. The molecule has 0 saturated heterocycles. The van der Waals surface area contributed by atoms with Gasteiger partial charge in [-0.1, -0.05) is 139 Å². The van der Waals surface area contributed by atoms with Crippen LogP contribution in [0.25, 0.3) is 10.8 Å². The molecule has 0 bridgehead atoms. The molecule has 0 saturated carbocycles. The van der Waals surface area contributed by atoms with Crippen LogP contribution in [0.5, 0.6) is 0 Å². The first-order valence-electron chi connectivity index (χ1n) is 12.0. The van der Waals surface area contributed by atoms with Crippen LogP contribution in [-0.2, 0) is 0 Å². The van der Waals surface area contributed by atoms with Crippen molar-refractivity contribution in [3.63, 3.8) is 0 Å². The third kappa shape index (κ3) is 4.98. The average Bonchev–Trinajstić information content (AvgIpc) is 2.86. The van der Waals surface area contributed by atoms with Crippen LogP contribution in [0.15, 0.2) is 133 Å². The van der Waals surface area contributed by atoms with Gasteiger partial charge in [-0.05, 0) is 5.39 Å². The maximum Gasteiger partial charge on any atom is 0.108 e. The molecule has 170 valence electrons. The summed E-state index contributed by atoms with van der Waals surface area (Å²) < 4.78 is 1.00. The second kappa shape index (κ2) is 10.1. The van der Waals surface area contributed by atoms with Crippen molar-refractivity contribution >= 4 is 38.8 Å². The van der Waals surface area contributed by atoms with Crippen molar-refractivity contribution in [2.75, 3.05) is 28.2 Å². The summed E-state index contributed by atoms with van der Waals surface area (Å²) in [4.78, 5) is 0. The van der Waals surface area contributed by atoms with E-state index in [1.54, 1.807) is 0 Å². The van der Waals surface area contributed by atoms with Gasteiger partial charge in [0.15, 0.2) is 0 Å². The third-order valence-corrected chi connectivity index (χ3v) is 6.19. The highest BCUT2D eigenvalue weighted by Gasteiger charge is 2.32. The minimum Gasteiger partial charge on any atom is -0.333 e. The van der Waals surface area contributed by atoms with E-state index < -0.39 is 6.15 Å². The van der Waals surface area contributed by atoms with Crippen LogP contribution in [0.4, 0.5) is 0 Å². The Morgan fingerprint density at radius 2 is 0.765 bits per heavy atom. The molecule has 0 spiro atoms. The minimum atomic E-state index is -1.33. The Morgan fingerprint density at radius 3 is 1.21 bits per heavy atom. The van der Waals surface area contributed by atoms with Crippen LogP contribution in [-0.4, -0.2) is 38.8 Å². The Kier molecular flexibility index (Phi) is 7.00. The molecule has 0 aliphatic carbocycles. The molecule has 0 heterocycles. The normalized spacial score (nSPS) is 11.5. The number of fused-ring (bicyclic) bond motifs is 1. The molecule has 0 aromatic heterocycles. The summed E-state index contributed by atoms with van der Waals surface area (Å²) in [5.74, 6) is 0. The van der Waals surface area contributed by atoms with Crippen LogP contribution in [0.1, 0.15) is 0 Å². The summed E-state index contributed by atoms with van der Waals surface area (Å²) in [6.45, 7) is 0. The van der Waals surface area contributed by atoms with Gasteiger partial charge in [-0.3, -0.25) is 0 Å². The van der Waals surface area contributed by atoms with E-state index in [-0.39, 0.29) is 0 Å². The van der Waals surface area contributed by atoms with Crippen molar-refractivity contribution in [3.05, 3.63) is 133 Å². The van der Waals surface area contributed by atoms with Crippen molar-refractivity contribution in [3.8, 4) is 0 Å². The van der Waals surface area contributed by atoms with Crippen molar-refractivity contribution in [2.24, 2.45) is 0 Å². The maximum absolute atomic E-state index is 2.31. The molecule has 0 aliphatic rings. The lowest BCUT2D eigenvalue weighted by Crippen LogP contribution is -2.74. The number of rotatable bonds is 4. The summed E-state index contributed by atoms with van der Waals surface area (Å²) in [7, 11) is 8.50. The fourth-order valence-corrected chi connectivity index (χ4v) is 4.97. The predicted octanol–water partition coefficient (Wildman–Crippen LogP) is 4.54. The summed E-state index contributed by atoms with van der Waals surface area (Å²) in [6, 6.07) is 48.4. The first-order chi connectivity index (χ1) is 16.4. The zero-order valence-corrected chi connectivity index (χ0v) is 20.7. The molecule has 2 heteroatoms. The smallest absolute Gasteiger partial charge is 0.108 e. The maximum atomic E-state index is 2.31. The van der Waals surface area contributed by atoms with Gasteiger partial charge in [0.2, 0.25) is 0 Å². The van der Waals surface area contributed by atoms with Crippen molar-refractivity contribution in [2.45, 2.75) is 0 Å². The Hall–Kier alpha value is -3.62. The Morgan fingerprint density at radius 1 is 0.412 bits per heavy atom. The molecule has 1 nitrogen and oxygen atoms in total. The highest BCUT2D eigenvalue weighted by Crippen LogP contribution is 2.17. The zero-order valence-electron chi connectivity index (χ0n) is 20.7. The van der Waals surface area contributed by atoms with Gasteiger partial charge in [0.1, 0.15) is 6.15 Å². The third-order valence-electron chi connectivity index (χ3n) is 6.19. The monoisotopic (exact) mass is 443 g/mol. The topological polar surface area (TPSA) is 0 Å². The van der Waals surface area contributed by atoms with E-state index in [0.29, 0.717) is 0 Å². The van der Waals surface area contributed by atoms with Gasteiger partial charge in [-0.2, -0.15) is 21.9 Å².